The lowest BCUT2D eigenvalue weighted by atomic mass is 10.2. The molecule has 3 rings (SSSR count). The van der Waals surface area contributed by atoms with Gasteiger partial charge >= 0.3 is 12.1 Å². The Morgan fingerprint density at radius 2 is 2.04 bits per heavy atom. The second-order valence-corrected chi connectivity index (χ2v) is 6.03. The van der Waals surface area contributed by atoms with Gasteiger partial charge in [-0.1, -0.05) is 18.2 Å². The van der Waals surface area contributed by atoms with Crippen LogP contribution in [0.3, 0.4) is 0 Å². The third-order valence-electron chi connectivity index (χ3n) is 3.95. The van der Waals surface area contributed by atoms with Gasteiger partial charge in [0.2, 0.25) is 5.95 Å². The number of aromatic nitrogens is 4. The number of fused-ring (bicyclic) bond motifs is 1. The van der Waals surface area contributed by atoms with Gasteiger partial charge < -0.3 is 20.8 Å². The van der Waals surface area contributed by atoms with Crippen molar-refractivity contribution in [3.05, 3.63) is 46.5 Å². The maximum absolute atomic E-state index is 12.6. The number of aromatic amines is 1. The normalized spacial score (nSPS) is 11.7. The maximum atomic E-state index is 12.6. The first-order valence-electron chi connectivity index (χ1n) is 8.60. The Morgan fingerprint density at radius 3 is 2.79 bits per heavy atom. The molecule has 4 N–H and O–H groups in total. The average Bonchev–Trinajstić information content (AvgIpc) is 2.94. The Hall–Kier alpha value is -3.08. The van der Waals surface area contributed by atoms with E-state index in [0.29, 0.717) is 24.6 Å². The van der Waals surface area contributed by atoms with Crippen LogP contribution in [0.1, 0.15) is 18.4 Å². The van der Waals surface area contributed by atoms with Crippen LogP contribution in [-0.2, 0) is 6.54 Å². The van der Waals surface area contributed by atoms with Gasteiger partial charge in [-0.2, -0.15) is 4.98 Å². The molecule has 2 aromatic heterocycles. The highest BCUT2D eigenvalue weighted by atomic mass is 19.4. The predicted octanol–water partition coefficient (Wildman–Crippen LogP) is 2.22. The van der Waals surface area contributed by atoms with E-state index >= 15 is 0 Å². The Bertz CT molecular complexity index is 998. The Labute approximate surface area is 157 Å². The van der Waals surface area contributed by atoms with E-state index in [1.807, 2.05) is 0 Å². The maximum Gasteiger partial charge on any atom is 0.573 e. The minimum absolute atomic E-state index is 0.144. The van der Waals surface area contributed by atoms with E-state index in [0.717, 1.165) is 12.8 Å². The average molecular weight is 396 g/mol. The van der Waals surface area contributed by atoms with E-state index in [1.54, 1.807) is 6.07 Å². The summed E-state index contributed by atoms with van der Waals surface area (Å²) >= 11 is 0. The Kier molecular flexibility index (Phi) is 5.83. The fourth-order valence-corrected chi connectivity index (χ4v) is 2.68. The first kappa shape index (κ1) is 19.7. The van der Waals surface area contributed by atoms with Gasteiger partial charge in [-0.05, 0) is 25.5 Å². The molecule has 0 fully saturated rings. The van der Waals surface area contributed by atoms with Crippen molar-refractivity contribution < 1.29 is 17.9 Å². The number of imidazole rings is 1. The van der Waals surface area contributed by atoms with Crippen molar-refractivity contribution in [3.8, 4) is 5.75 Å². The number of ether oxygens (including phenoxy) is 1. The molecule has 28 heavy (non-hydrogen) atoms. The van der Waals surface area contributed by atoms with Crippen molar-refractivity contribution in [2.75, 3.05) is 18.4 Å². The van der Waals surface area contributed by atoms with Crippen LogP contribution in [0.15, 0.2) is 35.3 Å². The van der Waals surface area contributed by atoms with Crippen LogP contribution in [0.25, 0.3) is 11.2 Å². The van der Waals surface area contributed by atoms with Crippen LogP contribution >= 0.6 is 0 Å². The van der Waals surface area contributed by atoms with Crippen LogP contribution in [0.5, 0.6) is 5.75 Å². The zero-order chi connectivity index (χ0) is 20.1. The van der Waals surface area contributed by atoms with Crippen molar-refractivity contribution in [2.45, 2.75) is 25.7 Å². The van der Waals surface area contributed by atoms with E-state index in [2.05, 4.69) is 25.0 Å². The molecule has 0 amide bonds. The highest BCUT2D eigenvalue weighted by molar-refractivity contribution is 5.71. The van der Waals surface area contributed by atoms with Crippen molar-refractivity contribution in [2.24, 2.45) is 5.73 Å². The van der Waals surface area contributed by atoms with E-state index < -0.39 is 12.1 Å². The van der Waals surface area contributed by atoms with Gasteiger partial charge in [-0.15, -0.1) is 13.2 Å². The van der Waals surface area contributed by atoms with Gasteiger partial charge in [0.05, 0.1) is 12.7 Å². The molecule has 0 aliphatic heterocycles. The predicted molar refractivity (Wildman–Crippen MR) is 97.2 cm³/mol. The second kappa shape index (κ2) is 8.30. The van der Waals surface area contributed by atoms with E-state index in [-0.39, 0.29) is 23.5 Å². The first-order chi connectivity index (χ1) is 13.4. The third-order valence-corrected chi connectivity index (χ3v) is 3.95. The molecular formula is C17H19F3N6O2. The van der Waals surface area contributed by atoms with E-state index in [4.69, 9.17) is 5.73 Å². The van der Waals surface area contributed by atoms with Gasteiger partial charge in [0.25, 0.3) is 0 Å². The van der Waals surface area contributed by atoms with Crippen molar-refractivity contribution >= 4 is 17.1 Å². The van der Waals surface area contributed by atoms with Crippen LogP contribution < -0.4 is 21.5 Å². The third kappa shape index (κ3) is 4.80. The fraction of sp³-hybridized carbons (Fsp3) is 0.353. The number of hydrogen-bond acceptors (Lipinski definition) is 6. The molecule has 0 radical (unpaired) electrons. The smallest absolute Gasteiger partial charge is 0.405 e. The summed E-state index contributed by atoms with van der Waals surface area (Å²) in [6.07, 6.45) is -1.70. The number of H-pyrrole nitrogens is 1. The summed E-state index contributed by atoms with van der Waals surface area (Å²) in [4.78, 5) is 23.3. The topological polar surface area (TPSA) is 111 Å². The summed E-state index contributed by atoms with van der Waals surface area (Å²) in [7, 11) is 0. The largest absolute Gasteiger partial charge is 0.573 e. The number of alkyl halides is 3. The molecule has 0 bridgehead atoms. The number of nitrogens with zero attached hydrogens (tertiary/aromatic N) is 3. The number of hydrogen-bond donors (Lipinski definition) is 3. The lowest BCUT2D eigenvalue weighted by molar-refractivity contribution is -0.274. The number of nitrogens with one attached hydrogen (secondary N) is 2. The molecule has 0 saturated heterocycles. The van der Waals surface area contributed by atoms with Crippen LogP contribution in [0.2, 0.25) is 0 Å². The van der Waals surface area contributed by atoms with Gasteiger partial charge in [0.15, 0.2) is 5.65 Å². The van der Waals surface area contributed by atoms with Gasteiger partial charge in [0, 0.05) is 12.1 Å². The van der Waals surface area contributed by atoms with Crippen molar-refractivity contribution in [1.29, 1.82) is 0 Å². The summed E-state index contributed by atoms with van der Waals surface area (Å²) in [6.45, 7) is 1.05. The molecule has 3 aromatic rings. The molecule has 2 heterocycles. The molecule has 0 spiro atoms. The van der Waals surface area contributed by atoms with Crippen LogP contribution in [0.4, 0.5) is 19.1 Å². The summed E-state index contributed by atoms with van der Waals surface area (Å²) in [5.74, 6) is -0.0532. The molecule has 8 nitrogen and oxygen atoms in total. The minimum Gasteiger partial charge on any atom is -0.405 e. The molecule has 150 valence electrons. The summed E-state index contributed by atoms with van der Waals surface area (Å²) < 4.78 is 43.2. The van der Waals surface area contributed by atoms with E-state index in [9.17, 15) is 18.0 Å². The number of unbranched alkanes of at least 4 members (excludes halogenated alkanes) is 1. The number of halogens is 3. The molecule has 0 saturated carbocycles. The quantitative estimate of drug-likeness (QED) is 0.504. The van der Waals surface area contributed by atoms with Crippen LogP contribution in [0, 0.1) is 0 Å². The molecule has 0 aliphatic carbocycles. The zero-order valence-electron chi connectivity index (χ0n) is 14.8. The number of para-hydroxylation sites is 1. The second-order valence-electron chi connectivity index (χ2n) is 6.03. The molecular weight excluding hydrogens is 377 g/mol. The SMILES string of the molecule is NCCCCNc1ncc2[nH]c(=O)n(Cc3ccccc3OC(F)(F)F)c2n1. The Morgan fingerprint density at radius 1 is 1.25 bits per heavy atom. The summed E-state index contributed by atoms with van der Waals surface area (Å²) in [5, 5.41) is 3.03. The molecule has 11 heteroatoms. The number of rotatable bonds is 8. The van der Waals surface area contributed by atoms with Crippen LogP contribution in [-0.4, -0.2) is 39.0 Å². The minimum atomic E-state index is -4.83. The standard InChI is InChI=1S/C17H19F3N6O2/c18-17(19,20)28-13-6-2-1-5-11(13)10-26-14-12(24-16(26)27)9-23-15(25-14)22-8-4-3-7-21/h1-2,5-6,9H,3-4,7-8,10,21H2,(H,24,27)(H,22,23,25). The summed E-state index contributed by atoms with van der Waals surface area (Å²) in [5.41, 5.74) is 5.79. The van der Waals surface area contributed by atoms with Gasteiger partial charge in [-0.3, -0.25) is 4.57 Å². The number of anilines is 1. The number of nitrogens with two attached hydrogens (primary N) is 1. The van der Waals surface area contributed by atoms with Crippen molar-refractivity contribution in [1.82, 2.24) is 19.5 Å². The first-order valence-corrected chi connectivity index (χ1v) is 8.60. The van der Waals surface area contributed by atoms with E-state index in [1.165, 1.54) is 29.0 Å². The van der Waals surface area contributed by atoms with Gasteiger partial charge in [-0.25, -0.2) is 9.78 Å². The highest BCUT2D eigenvalue weighted by Gasteiger charge is 2.32. The number of benzene rings is 1. The lowest BCUT2D eigenvalue weighted by Gasteiger charge is -2.13. The molecule has 0 unspecified atom stereocenters. The monoisotopic (exact) mass is 396 g/mol. The lowest BCUT2D eigenvalue weighted by Crippen LogP contribution is -2.21. The highest BCUT2D eigenvalue weighted by Crippen LogP contribution is 2.27. The zero-order valence-corrected chi connectivity index (χ0v) is 14.8. The fourth-order valence-electron chi connectivity index (χ4n) is 2.68. The Balaban J connectivity index is 1.89. The summed E-state index contributed by atoms with van der Waals surface area (Å²) in [6, 6.07) is 5.65. The van der Waals surface area contributed by atoms with Crippen molar-refractivity contribution in [3.63, 3.8) is 0 Å². The molecule has 1 aromatic carbocycles. The molecule has 0 atom stereocenters. The van der Waals surface area contributed by atoms with Gasteiger partial charge in [0.1, 0.15) is 11.3 Å². The molecule has 0 aliphatic rings.